The lowest BCUT2D eigenvalue weighted by atomic mass is 9.91. The first-order chi connectivity index (χ1) is 25.1. The zero-order valence-electron chi connectivity index (χ0n) is 32.5. The van der Waals surface area contributed by atoms with Crippen LogP contribution in [0.15, 0.2) is 34.0 Å². The summed E-state index contributed by atoms with van der Waals surface area (Å²) in [5.41, 5.74) is 5.07. The number of phenolic OH excluding ortho intramolecular Hbond substituents is 1. The van der Waals surface area contributed by atoms with E-state index in [4.69, 9.17) is 18.9 Å². The Balaban J connectivity index is 1.72. The minimum Gasteiger partial charge on any atom is -0.506 e. The molecule has 4 rings (SSSR count). The molecule has 0 fully saturated rings. The number of benzene rings is 3. The number of carboxylic acids is 1. The van der Waals surface area contributed by atoms with Gasteiger partial charge in [0.1, 0.15) is 39.0 Å². The van der Waals surface area contributed by atoms with Crippen LogP contribution in [0.5, 0.6) is 23.0 Å². The maximum Gasteiger partial charge on any atom is 0.347 e. The highest BCUT2D eigenvalue weighted by molar-refractivity contribution is 9.10. The highest BCUT2D eigenvalue weighted by atomic mass is 79.9. The largest absolute Gasteiger partial charge is 0.506 e. The van der Waals surface area contributed by atoms with Crippen LogP contribution in [-0.2, 0) is 20.7 Å². The van der Waals surface area contributed by atoms with Crippen molar-refractivity contribution in [2.75, 3.05) is 7.11 Å². The number of ketones is 1. The van der Waals surface area contributed by atoms with Crippen LogP contribution in [0.1, 0.15) is 102 Å². The van der Waals surface area contributed by atoms with Crippen LogP contribution in [0.25, 0.3) is 0 Å². The fourth-order valence-electron chi connectivity index (χ4n) is 6.83. The Bertz CT molecular complexity index is 2150. The molecule has 0 aromatic heterocycles. The molecule has 0 aliphatic heterocycles. The van der Waals surface area contributed by atoms with Crippen molar-refractivity contribution in [1.82, 2.24) is 0 Å². The molecule has 0 bridgehead atoms. The van der Waals surface area contributed by atoms with Crippen LogP contribution in [0.4, 0.5) is 0 Å². The second kappa shape index (κ2) is 16.0. The first-order valence-electron chi connectivity index (χ1n) is 17.3. The molecular formula is C42H45BrO11. The number of hydrogen-bond donors (Lipinski definition) is 2. The van der Waals surface area contributed by atoms with E-state index in [2.05, 4.69) is 15.9 Å². The number of aromatic hydroxyl groups is 1. The van der Waals surface area contributed by atoms with Gasteiger partial charge in [-0.05, 0) is 158 Å². The van der Waals surface area contributed by atoms with Gasteiger partial charge in [0.15, 0.2) is 11.5 Å². The van der Waals surface area contributed by atoms with Gasteiger partial charge >= 0.3 is 23.9 Å². The number of ether oxygens (including phenoxy) is 4. The van der Waals surface area contributed by atoms with Crippen molar-refractivity contribution in [3.63, 3.8) is 0 Å². The van der Waals surface area contributed by atoms with Crippen molar-refractivity contribution in [2.45, 2.75) is 82.6 Å². The summed E-state index contributed by atoms with van der Waals surface area (Å²) < 4.78 is 22.9. The van der Waals surface area contributed by atoms with Gasteiger partial charge < -0.3 is 29.2 Å². The highest BCUT2D eigenvalue weighted by Crippen LogP contribution is 2.44. The number of rotatable bonds is 10. The molecule has 0 saturated carbocycles. The summed E-state index contributed by atoms with van der Waals surface area (Å²) in [7, 11) is 1.35. The minimum absolute atomic E-state index is 0.0183. The van der Waals surface area contributed by atoms with Crippen LogP contribution >= 0.6 is 15.9 Å². The molecule has 0 spiro atoms. The maximum atomic E-state index is 13.9. The standard InChI is InChI=1S/C42H45BrO11/c1-17(2)13-28-26(11)31(40(48)53-37-23(8)20(5)33(39(46)47)21(6)24(37)9)19(4)15-29(28)52-42(50)34-22(7)25(10)38(35(43)36(34)45)54-41(49)32-18(3)14-27(44)16-30(32)51-12/h14-17,32,45H,13H2,1-12H3,(H,46,47). The van der Waals surface area contributed by atoms with Crippen LogP contribution in [0.3, 0.4) is 0 Å². The number of hydrogen-bond acceptors (Lipinski definition) is 10. The molecule has 3 aromatic rings. The number of halogens is 1. The van der Waals surface area contributed by atoms with Gasteiger partial charge in [-0.25, -0.2) is 14.4 Å². The Labute approximate surface area is 323 Å². The molecule has 11 nitrogen and oxygen atoms in total. The van der Waals surface area contributed by atoms with E-state index >= 15 is 0 Å². The van der Waals surface area contributed by atoms with Crippen LogP contribution in [-0.4, -0.2) is 47.0 Å². The molecule has 286 valence electrons. The average Bonchev–Trinajstić information content (AvgIpc) is 3.07. The van der Waals surface area contributed by atoms with Gasteiger partial charge in [-0.1, -0.05) is 13.8 Å². The fraction of sp³-hybridized carbons (Fsp3) is 0.357. The summed E-state index contributed by atoms with van der Waals surface area (Å²) in [4.78, 5) is 65.1. The molecule has 54 heavy (non-hydrogen) atoms. The molecule has 0 radical (unpaired) electrons. The molecular weight excluding hydrogens is 760 g/mol. The summed E-state index contributed by atoms with van der Waals surface area (Å²) in [5, 5.41) is 21.1. The first-order valence-corrected chi connectivity index (χ1v) is 18.1. The van der Waals surface area contributed by atoms with Gasteiger partial charge in [0.25, 0.3) is 0 Å². The third kappa shape index (κ3) is 7.70. The van der Waals surface area contributed by atoms with Gasteiger partial charge in [-0.2, -0.15) is 0 Å². The molecule has 12 heteroatoms. The summed E-state index contributed by atoms with van der Waals surface area (Å²) in [6.07, 6.45) is 2.95. The van der Waals surface area contributed by atoms with Gasteiger partial charge in [0.05, 0.1) is 18.2 Å². The Morgan fingerprint density at radius 3 is 1.81 bits per heavy atom. The van der Waals surface area contributed by atoms with Gasteiger partial charge in [-0.3, -0.25) is 9.59 Å². The molecule has 0 saturated heterocycles. The normalized spacial score (nSPS) is 14.0. The fourth-order valence-corrected chi connectivity index (χ4v) is 7.40. The number of allylic oxidation sites excluding steroid dienone is 2. The third-order valence-corrected chi connectivity index (χ3v) is 10.8. The highest BCUT2D eigenvalue weighted by Gasteiger charge is 2.34. The molecule has 2 N–H and O–H groups in total. The Morgan fingerprint density at radius 1 is 0.741 bits per heavy atom. The van der Waals surface area contributed by atoms with E-state index in [1.807, 2.05) is 13.8 Å². The Hall–Kier alpha value is -5.23. The number of carboxylic acid groups (broad SMARTS) is 1. The number of carbonyl (C=O) groups is 5. The smallest absolute Gasteiger partial charge is 0.347 e. The lowest BCUT2D eigenvalue weighted by Crippen LogP contribution is -2.28. The predicted octanol–water partition coefficient (Wildman–Crippen LogP) is 8.54. The quantitative estimate of drug-likeness (QED) is 0.149. The molecule has 1 aliphatic rings. The molecule has 1 aliphatic carbocycles. The van der Waals surface area contributed by atoms with E-state index in [1.54, 1.807) is 68.4 Å². The molecule has 0 amide bonds. The summed E-state index contributed by atoms with van der Waals surface area (Å²) in [6.45, 7) is 19.0. The molecule has 1 unspecified atom stereocenters. The predicted molar refractivity (Wildman–Crippen MR) is 205 cm³/mol. The van der Waals surface area contributed by atoms with Crippen molar-refractivity contribution in [3.05, 3.63) is 101 Å². The van der Waals surface area contributed by atoms with Crippen LogP contribution in [0.2, 0.25) is 0 Å². The monoisotopic (exact) mass is 804 g/mol. The number of aryl methyl sites for hydroxylation is 1. The van der Waals surface area contributed by atoms with Crippen LogP contribution < -0.4 is 14.2 Å². The van der Waals surface area contributed by atoms with Gasteiger partial charge in [0.2, 0.25) is 0 Å². The summed E-state index contributed by atoms with van der Waals surface area (Å²) in [5.74, 6) is -4.49. The zero-order chi connectivity index (χ0) is 40.7. The van der Waals surface area contributed by atoms with Crippen LogP contribution in [0, 0.1) is 67.2 Å². The van der Waals surface area contributed by atoms with Gasteiger partial charge in [-0.15, -0.1) is 0 Å². The minimum atomic E-state index is -1.06. The SMILES string of the molecule is COC1=CC(=O)C=C(C)C1C(=O)Oc1c(C)c(C)c(C(=O)Oc2cc(C)c(C(=O)Oc3c(C)c(C)c(C(=O)O)c(C)c3C)c(C)c2CC(C)C)c(O)c1Br. The van der Waals surface area contributed by atoms with E-state index in [9.17, 15) is 34.2 Å². The van der Waals surface area contributed by atoms with Crippen molar-refractivity contribution in [2.24, 2.45) is 11.8 Å². The van der Waals surface area contributed by atoms with Gasteiger partial charge in [0, 0.05) is 6.08 Å². The topological polar surface area (TPSA) is 163 Å². The number of aromatic carboxylic acids is 1. The average molecular weight is 806 g/mol. The van der Waals surface area contributed by atoms with Crippen molar-refractivity contribution < 1.29 is 53.1 Å². The van der Waals surface area contributed by atoms with E-state index in [0.717, 1.165) is 0 Å². The molecule has 0 heterocycles. The second-order valence-corrected chi connectivity index (χ2v) is 14.9. The van der Waals surface area contributed by atoms with E-state index < -0.39 is 35.5 Å². The Kier molecular flexibility index (Phi) is 12.3. The van der Waals surface area contributed by atoms with Crippen molar-refractivity contribution in [1.29, 1.82) is 0 Å². The molecule has 3 aromatic carbocycles. The number of phenols is 1. The number of carbonyl (C=O) groups excluding carboxylic acids is 4. The zero-order valence-corrected chi connectivity index (χ0v) is 34.1. The van der Waals surface area contributed by atoms with Crippen molar-refractivity contribution >= 4 is 45.6 Å². The third-order valence-electron chi connectivity index (χ3n) is 10.0. The summed E-state index contributed by atoms with van der Waals surface area (Å²) >= 11 is 3.30. The number of esters is 3. The van der Waals surface area contributed by atoms with E-state index in [1.165, 1.54) is 19.3 Å². The second-order valence-electron chi connectivity index (χ2n) is 14.1. The van der Waals surface area contributed by atoms with Crippen molar-refractivity contribution in [3.8, 4) is 23.0 Å². The summed E-state index contributed by atoms with van der Waals surface area (Å²) in [6, 6.07) is 1.58. The van der Waals surface area contributed by atoms with E-state index in [-0.39, 0.29) is 55.9 Å². The first kappa shape index (κ1) is 41.5. The van der Waals surface area contributed by atoms with E-state index in [0.29, 0.717) is 62.1 Å². The number of methoxy groups -OCH3 is 1. The maximum absolute atomic E-state index is 13.9. The lowest BCUT2D eigenvalue weighted by Gasteiger charge is -2.23. The molecule has 1 atom stereocenters. The Morgan fingerprint density at radius 2 is 1.28 bits per heavy atom. The lowest BCUT2D eigenvalue weighted by molar-refractivity contribution is -0.137.